The minimum atomic E-state index is -3.65. The van der Waals surface area contributed by atoms with Crippen molar-refractivity contribution < 1.29 is 27.5 Å². The lowest BCUT2D eigenvalue weighted by molar-refractivity contribution is -0.119. The van der Waals surface area contributed by atoms with Crippen molar-refractivity contribution in [3.8, 4) is 5.75 Å². The fourth-order valence-electron chi connectivity index (χ4n) is 2.40. The molecule has 8 nitrogen and oxygen atoms in total. The number of benzene rings is 2. The highest BCUT2D eigenvalue weighted by Crippen LogP contribution is 2.23. The van der Waals surface area contributed by atoms with Crippen LogP contribution in [0.15, 0.2) is 53.4 Å². The van der Waals surface area contributed by atoms with Crippen molar-refractivity contribution in [2.75, 3.05) is 18.5 Å². The summed E-state index contributed by atoms with van der Waals surface area (Å²) < 4.78 is 37.1. The number of para-hydroxylation sites is 2. The van der Waals surface area contributed by atoms with Crippen LogP contribution < -0.4 is 14.8 Å². The first kappa shape index (κ1) is 22.4. The molecule has 0 saturated heterocycles. The number of carbonyl (C=O) groups is 2. The Balaban J connectivity index is 1.95. The molecule has 0 bridgehead atoms. The largest absolute Gasteiger partial charge is 0.492 e. The number of sulfonamides is 1. The molecule has 0 aliphatic carbocycles. The average molecular weight is 420 g/mol. The molecule has 156 valence electrons. The number of esters is 1. The molecular weight excluding hydrogens is 396 g/mol. The van der Waals surface area contributed by atoms with Gasteiger partial charge in [0.15, 0.2) is 6.61 Å². The van der Waals surface area contributed by atoms with Crippen LogP contribution in [0.5, 0.6) is 5.75 Å². The molecule has 0 aromatic heterocycles. The lowest BCUT2D eigenvalue weighted by Crippen LogP contribution is -2.30. The number of anilines is 1. The van der Waals surface area contributed by atoms with Crippen molar-refractivity contribution in [3.05, 3.63) is 54.1 Å². The Morgan fingerprint density at radius 3 is 2.31 bits per heavy atom. The summed E-state index contributed by atoms with van der Waals surface area (Å²) in [6, 6.07) is 11.9. The van der Waals surface area contributed by atoms with Crippen LogP contribution in [-0.4, -0.2) is 39.5 Å². The maximum Gasteiger partial charge on any atom is 0.338 e. The van der Waals surface area contributed by atoms with E-state index >= 15 is 0 Å². The van der Waals surface area contributed by atoms with Gasteiger partial charge in [0.25, 0.3) is 5.91 Å². The van der Waals surface area contributed by atoms with Crippen molar-refractivity contribution in [1.82, 2.24) is 4.72 Å². The summed E-state index contributed by atoms with van der Waals surface area (Å²) in [6.45, 7) is 5.20. The Hall–Kier alpha value is -2.91. The van der Waals surface area contributed by atoms with Gasteiger partial charge in [-0.05, 0) is 57.2 Å². The first-order valence-electron chi connectivity index (χ1n) is 9.04. The maximum absolute atomic E-state index is 12.1. The van der Waals surface area contributed by atoms with E-state index in [1.165, 1.54) is 24.3 Å². The molecule has 0 saturated carbocycles. The SMILES string of the molecule is CCOc1ccccc1NC(=O)COC(=O)c1ccc(S(=O)(=O)NC(C)C)cc1. The second-order valence-electron chi connectivity index (χ2n) is 6.35. The Kier molecular flexibility index (Phi) is 7.74. The minimum absolute atomic E-state index is 0.0352. The summed E-state index contributed by atoms with van der Waals surface area (Å²) in [4.78, 5) is 24.2. The van der Waals surface area contributed by atoms with Crippen LogP contribution in [0.2, 0.25) is 0 Å². The predicted octanol–water partition coefficient (Wildman–Crippen LogP) is 2.57. The average Bonchev–Trinajstić information content (AvgIpc) is 2.67. The molecule has 29 heavy (non-hydrogen) atoms. The summed E-state index contributed by atoms with van der Waals surface area (Å²) >= 11 is 0. The molecule has 2 N–H and O–H groups in total. The zero-order valence-corrected chi connectivity index (χ0v) is 17.3. The Morgan fingerprint density at radius 1 is 1.03 bits per heavy atom. The smallest absolute Gasteiger partial charge is 0.338 e. The highest BCUT2D eigenvalue weighted by Gasteiger charge is 2.17. The lowest BCUT2D eigenvalue weighted by Gasteiger charge is -2.12. The minimum Gasteiger partial charge on any atom is -0.492 e. The van der Waals surface area contributed by atoms with Crippen LogP contribution >= 0.6 is 0 Å². The van der Waals surface area contributed by atoms with Gasteiger partial charge in [0.1, 0.15) is 5.75 Å². The van der Waals surface area contributed by atoms with Crippen LogP contribution in [0.4, 0.5) is 5.69 Å². The van der Waals surface area contributed by atoms with Gasteiger partial charge in [0.05, 0.1) is 22.8 Å². The molecule has 0 spiro atoms. The molecule has 0 heterocycles. The fourth-order valence-corrected chi connectivity index (χ4v) is 3.65. The van der Waals surface area contributed by atoms with E-state index in [4.69, 9.17) is 9.47 Å². The standard InChI is InChI=1S/C20H24N2O6S/c1-4-27-18-8-6-5-7-17(18)21-19(23)13-28-20(24)15-9-11-16(12-10-15)29(25,26)22-14(2)3/h5-12,14,22H,4,13H2,1-3H3,(H,21,23). The van der Waals surface area contributed by atoms with E-state index in [-0.39, 0.29) is 16.5 Å². The van der Waals surface area contributed by atoms with E-state index in [0.717, 1.165) is 0 Å². The van der Waals surface area contributed by atoms with Crippen LogP contribution in [0.25, 0.3) is 0 Å². The second kappa shape index (κ2) is 10.0. The van der Waals surface area contributed by atoms with Gasteiger partial charge in [-0.2, -0.15) is 0 Å². The van der Waals surface area contributed by atoms with Gasteiger partial charge in [0.2, 0.25) is 10.0 Å². The number of carbonyl (C=O) groups excluding carboxylic acids is 2. The molecular formula is C20H24N2O6S. The van der Waals surface area contributed by atoms with E-state index in [0.29, 0.717) is 18.0 Å². The number of hydrogen-bond donors (Lipinski definition) is 2. The summed E-state index contributed by atoms with van der Waals surface area (Å²) in [7, 11) is -3.65. The van der Waals surface area contributed by atoms with Gasteiger partial charge in [-0.15, -0.1) is 0 Å². The molecule has 1 amide bonds. The topological polar surface area (TPSA) is 111 Å². The first-order chi connectivity index (χ1) is 13.7. The molecule has 0 fully saturated rings. The number of ether oxygens (including phenoxy) is 2. The molecule has 0 aliphatic rings. The summed E-state index contributed by atoms with van der Waals surface area (Å²) in [5.74, 6) is -0.744. The van der Waals surface area contributed by atoms with Gasteiger partial charge in [-0.3, -0.25) is 4.79 Å². The van der Waals surface area contributed by atoms with Crippen LogP contribution in [-0.2, 0) is 19.6 Å². The van der Waals surface area contributed by atoms with Gasteiger partial charge in [0, 0.05) is 6.04 Å². The summed E-state index contributed by atoms with van der Waals surface area (Å²) in [5.41, 5.74) is 0.610. The Bertz CT molecular complexity index is 955. The highest BCUT2D eigenvalue weighted by atomic mass is 32.2. The van der Waals surface area contributed by atoms with Gasteiger partial charge >= 0.3 is 5.97 Å². The molecule has 2 aromatic carbocycles. The van der Waals surface area contributed by atoms with Gasteiger partial charge in [-0.25, -0.2) is 17.9 Å². The van der Waals surface area contributed by atoms with E-state index in [1.54, 1.807) is 38.1 Å². The quantitative estimate of drug-likeness (QED) is 0.603. The monoisotopic (exact) mass is 420 g/mol. The number of nitrogens with one attached hydrogen (secondary N) is 2. The summed E-state index contributed by atoms with van der Waals surface area (Å²) in [5, 5.41) is 2.62. The second-order valence-corrected chi connectivity index (χ2v) is 8.07. The van der Waals surface area contributed by atoms with Gasteiger partial charge < -0.3 is 14.8 Å². The number of amides is 1. The number of rotatable bonds is 9. The number of hydrogen-bond acceptors (Lipinski definition) is 6. The molecule has 0 aliphatic heterocycles. The van der Waals surface area contributed by atoms with Crippen LogP contribution in [0.3, 0.4) is 0 Å². The first-order valence-corrected chi connectivity index (χ1v) is 10.5. The van der Waals surface area contributed by atoms with Crippen molar-refractivity contribution in [1.29, 1.82) is 0 Å². The van der Waals surface area contributed by atoms with Crippen molar-refractivity contribution in [2.24, 2.45) is 0 Å². The third-order valence-corrected chi connectivity index (χ3v) is 5.26. The molecule has 2 rings (SSSR count). The van der Waals surface area contributed by atoms with E-state index in [9.17, 15) is 18.0 Å². The Labute approximate surface area is 170 Å². The lowest BCUT2D eigenvalue weighted by atomic mass is 10.2. The third-order valence-electron chi connectivity index (χ3n) is 3.59. The van der Waals surface area contributed by atoms with E-state index in [1.807, 2.05) is 6.92 Å². The molecule has 0 radical (unpaired) electrons. The fraction of sp³-hybridized carbons (Fsp3) is 0.300. The van der Waals surface area contributed by atoms with E-state index < -0.39 is 28.5 Å². The van der Waals surface area contributed by atoms with Crippen molar-refractivity contribution in [2.45, 2.75) is 31.7 Å². The zero-order valence-electron chi connectivity index (χ0n) is 16.5. The third kappa shape index (κ3) is 6.58. The maximum atomic E-state index is 12.1. The normalized spacial score (nSPS) is 11.2. The Morgan fingerprint density at radius 2 is 1.69 bits per heavy atom. The van der Waals surface area contributed by atoms with Crippen molar-refractivity contribution >= 4 is 27.6 Å². The highest BCUT2D eigenvalue weighted by molar-refractivity contribution is 7.89. The predicted molar refractivity (Wildman–Crippen MR) is 108 cm³/mol. The van der Waals surface area contributed by atoms with Crippen LogP contribution in [0.1, 0.15) is 31.1 Å². The molecule has 9 heteroatoms. The van der Waals surface area contributed by atoms with Gasteiger partial charge in [-0.1, -0.05) is 12.1 Å². The molecule has 0 unspecified atom stereocenters. The zero-order chi connectivity index (χ0) is 21.4. The van der Waals surface area contributed by atoms with E-state index in [2.05, 4.69) is 10.0 Å². The molecule has 2 aromatic rings. The molecule has 0 atom stereocenters. The summed E-state index contributed by atoms with van der Waals surface area (Å²) in [6.07, 6.45) is 0. The van der Waals surface area contributed by atoms with Crippen LogP contribution in [0, 0.1) is 0 Å². The van der Waals surface area contributed by atoms with Crippen molar-refractivity contribution in [3.63, 3.8) is 0 Å².